The number of carbonyl (C=O) groups is 2. The van der Waals surface area contributed by atoms with Gasteiger partial charge < -0.3 is 20.0 Å². The molecule has 0 saturated carbocycles. The topological polar surface area (TPSA) is 68.2 Å². The molecule has 0 radical (unpaired) electrons. The van der Waals surface area contributed by atoms with Crippen LogP contribution in [-0.2, 0) is 11.2 Å². The molecule has 1 aliphatic heterocycles. The molecule has 0 aliphatic carbocycles. The zero-order chi connectivity index (χ0) is 19.8. The third-order valence-electron chi connectivity index (χ3n) is 4.60. The second-order valence-electron chi connectivity index (χ2n) is 6.88. The minimum Gasteiger partial charge on any atom is -0.357 e. The number of amides is 2. The number of aliphatic imine (C=N–C) groups is 1. The molecule has 1 heterocycles. The van der Waals surface area contributed by atoms with E-state index < -0.39 is 0 Å². The van der Waals surface area contributed by atoms with Crippen LogP contribution in [-0.4, -0.2) is 85.8 Å². The lowest BCUT2D eigenvalue weighted by Crippen LogP contribution is -2.53. The number of guanidine groups is 1. The Morgan fingerprint density at radius 2 is 1.81 bits per heavy atom. The summed E-state index contributed by atoms with van der Waals surface area (Å²) < 4.78 is 0. The normalized spacial score (nSPS) is 14.9. The molecule has 27 heavy (non-hydrogen) atoms. The Morgan fingerprint density at radius 1 is 1.15 bits per heavy atom. The molecule has 0 bridgehead atoms. The van der Waals surface area contributed by atoms with E-state index in [1.807, 2.05) is 29.2 Å². The van der Waals surface area contributed by atoms with E-state index >= 15 is 0 Å². The largest absolute Gasteiger partial charge is 0.357 e. The number of rotatable bonds is 5. The first-order chi connectivity index (χ1) is 12.9. The molecule has 0 aromatic heterocycles. The second kappa shape index (κ2) is 9.94. The lowest BCUT2D eigenvalue weighted by atomic mass is 10.1. The molecule has 1 saturated heterocycles. The molecule has 1 aliphatic rings. The van der Waals surface area contributed by atoms with E-state index in [-0.39, 0.29) is 11.8 Å². The van der Waals surface area contributed by atoms with Gasteiger partial charge in [-0.25, -0.2) is 0 Å². The fraction of sp³-hybridized carbons (Fsp3) is 0.550. The van der Waals surface area contributed by atoms with E-state index in [9.17, 15) is 9.59 Å². The van der Waals surface area contributed by atoms with Crippen LogP contribution in [0, 0.1) is 0 Å². The zero-order valence-electron chi connectivity index (χ0n) is 16.9. The van der Waals surface area contributed by atoms with E-state index in [4.69, 9.17) is 4.99 Å². The number of hydrogen-bond donors (Lipinski definition) is 1. The second-order valence-corrected chi connectivity index (χ2v) is 6.88. The molecule has 7 heteroatoms. The van der Waals surface area contributed by atoms with E-state index in [0.29, 0.717) is 12.1 Å². The first kappa shape index (κ1) is 20.7. The van der Waals surface area contributed by atoms with Crippen LogP contribution in [0.5, 0.6) is 0 Å². The van der Waals surface area contributed by atoms with Crippen LogP contribution >= 0.6 is 0 Å². The van der Waals surface area contributed by atoms with E-state index in [1.165, 1.54) is 0 Å². The molecule has 2 amide bonds. The highest BCUT2D eigenvalue weighted by molar-refractivity contribution is 5.94. The lowest BCUT2D eigenvalue weighted by molar-refractivity contribution is -0.130. The molecule has 0 atom stereocenters. The highest BCUT2D eigenvalue weighted by Gasteiger charge is 2.20. The third kappa shape index (κ3) is 5.98. The Labute approximate surface area is 162 Å². The summed E-state index contributed by atoms with van der Waals surface area (Å²) in [7, 11) is 3.52. The molecule has 1 fully saturated rings. The fourth-order valence-electron chi connectivity index (χ4n) is 3.07. The summed E-state index contributed by atoms with van der Waals surface area (Å²) in [4.78, 5) is 34.0. The molecular formula is C20H31N5O2. The van der Waals surface area contributed by atoms with Crippen LogP contribution in [0.3, 0.4) is 0 Å². The molecule has 1 N–H and O–H groups in total. The van der Waals surface area contributed by atoms with Crippen molar-refractivity contribution in [3.63, 3.8) is 0 Å². The number of hydrogen-bond acceptors (Lipinski definition) is 3. The van der Waals surface area contributed by atoms with Gasteiger partial charge in [-0.05, 0) is 31.0 Å². The highest BCUT2D eigenvalue weighted by Crippen LogP contribution is 2.09. The van der Waals surface area contributed by atoms with Gasteiger partial charge in [-0.3, -0.25) is 14.6 Å². The number of piperazine rings is 1. The molecule has 0 unspecified atom stereocenters. The molecule has 0 spiro atoms. The number of nitrogens with one attached hydrogen (secondary N) is 1. The third-order valence-corrected chi connectivity index (χ3v) is 4.60. The lowest BCUT2D eigenvalue weighted by Gasteiger charge is -2.36. The monoisotopic (exact) mass is 373 g/mol. The van der Waals surface area contributed by atoms with Crippen LogP contribution in [0.25, 0.3) is 0 Å². The zero-order valence-corrected chi connectivity index (χ0v) is 16.9. The van der Waals surface area contributed by atoms with Crippen LogP contribution in [0.15, 0.2) is 29.3 Å². The van der Waals surface area contributed by atoms with Crippen molar-refractivity contribution in [2.75, 3.05) is 53.4 Å². The highest BCUT2D eigenvalue weighted by atomic mass is 16.2. The van der Waals surface area contributed by atoms with E-state index in [1.54, 1.807) is 25.9 Å². The maximum atomic E-state index is 12.1. The molecule has 7 nitrogen and oxygen atoms in total. The average molecular weight is 374 g/mol. The van der Waals surface area contributed by atoms with Crippen LogP contribution in [0.4, 0.5) is 0 Å². The SMILES string of the molecule is CCNC(=NCCc1cccc(C(=O)N(C)C)c1)N1CCN(C(C)=O)CC1. The standard InChI is InChI=1S/C20H31N5O2/c1-5-21-20(25-13-11-24(12-14-25)16(2)26)22-10-9-17-7-6-8-18(15-17)19(27)23(3)4/h6-8,15H,5,9-14H2,1-4H3,(H,21,22). The molecule has 1 aromatic carbocycles. The van der Waals surface area contributed by atoms with Crippen molar-refractivity contribution < 1.29 is 9.59 Å². The summed E-state index contributed by atoms with van der Waals surface area (Å²) in [5, 5.41) is 3.34. The van der Waals surface area contributed by atoms with Gasteiger partial charge in [-0.2, -0.15) is 0 Å². The Bertz CT molecular complexity index is 679. The Balaban J connectivity index is 1.97. The smallest absolute Gasteiger partial charge is 0.253 e. The first-order valence-electron chi connectivity index (χ1n) is 9.51. The minimum absolute atomic E-state index is 0.0111. The summed E-state index contributed by atoms with van der Waals surface area (Å²) in [6, 6.07) is 7.73. The van der Waals surface area contributed by atoms with Crippen LogP contribution in [0.1, 0.15) is 29.8 Å². The maximum absolute atomic E-state index is 12.1. The predicted molar refractivity (Wildman–Crippen MR) is 108 cm³/mol. The molecule has 2 rings (SSSR count). The average Bonchev–Trinajstić information content (AvgIpc) is 2.67. The Kier molecular flexibility index (Phi) is 7.64. The van der Waals surface area contributed by atoms with Crippen LogP contribution < -0.4 is 5.32 Å². The van der Waals surface area contributed by atoms with Crippen molar-refractivity contribution >= 4 is 17.8 Å². The fourth-order valence-corrected chi connectivity index (χ4v) is 3.07. The summed E-state index contributed by atoms with van der Waals surface area (Å²) >= 11 is 0. The van der Waals surface area contributed by atoms with E-state index in [2.05, 4.69) is 17.1 Å². The summed E-state index contributed by atoms with van der Waals surface area (Å²) in [5.74, 6) is 1.03. The van der Waals surface area contributed by atoms with E-state index in [0.717, 1.165) is 50.7 Å². The van der Waals surface area contributed by atoms with Crippen molar-refractivity contribution in [3.05, 3.63) is 35.4 Å². The van der Waals surface area contributed by atoms with Crippen molar-refractivity contribution in [1.82, 2.24) is 20.0 Å². The van der Waals surface area contributed by atoms with Gasteiger partial charge in [0.2, 0.25) is 5.91 Å². The van der Waals surface area contributed by atoms with Gasteiger partial charge >= 0.3 is 0 Å². The number of carbonyl (C=O) groups excluding carboxylic acids is 2. The van der Waals surface area contributed by atoms with Gasteiger partial charge in [-0.15, -0.1) is 0 Å². The summed E-state index contributed by atoms with van der Waals surface area (Å²) in [5.41, 5.74) is 1.80. The Morgan fingerprint density at radius 3 is 2.41 bits per heavy atom. The molecule has 148 valence electrons. The van der Waals surface area contributed by atoms with Crippen molar-refractivity contribution in [2.24, 2.45) is 4.99 Å². The number of benzene rings is 1. The van der Waals surface area contributed by atoms with Gasteiger partial charge in [0, 0.05) is 65.9 Å². The van der Waals surface area contributed by atoms with Gasteiger partial charge in [0.25, 0.3) is 5.91 Å². The van der Waals surface area contributed by atoms with Crippen LogP contribution in [0.2, 0.25) is 0 Å². The first-order valence-corrected chi connectivity index (χ1v) is 9.51. The van der Waals surface area contributed by atoms with Gasteiger partial charge in [0.15, 0.2) is 5.96 Å². The van der Waals surface area contributed by atoms with Crippen molar-refractivity contribution in [3.8, 4) is 0 Å². The van der Waals surface area contributed by atoms with Gasteiger partial charge in [-0.1, -0.05) is 12.1 Å². The summed E-state index contributed by atoms with van der Waals surface area (Å²) in [6.07, 6.45) is 0.775. The Hall–Kier alpha value is -2.57. The minimum atomic E-state index is 0.0111. The van der Waals surface area contributed by atoms with Gasteiger partial charge in [0.1, 0.15) is 0 Å². The molecular weight excluding hydrogens is 342 g/mol. The predicted octanol–water partition coefficient (Wildman–Crippen LogP) is 1.06. The van der Waals surface area contributed by atoms with Crippen molar-refractivity contribution in [2.45, 2.75) is 20.3 Å². The van der Waals surface area contributed by atoms with Gasteiger partial charge in [0.05, 0.1) is 0 Å². The quantitative estimate of drug-likeness (QED) is 0.619. The van der Waals surface area contributed by atoms with Crippen molar-refractivity contribution in [1.29, 1.82) is 0 Å². The molecule has 1 aromatic rings. The summed E-state index contributed by atoms with van der Waals surface area (Å²) in [6.45, 7) is 8.16. The maximum Gasteiger partial charge on any atom is 0.253 e. The number of nitrogens with zero attached hydrogens (tertiary/aromatic N) is 4.